The number of hydrogen-bond acceptors (Lipinski definition) is 3. The summed E-state index contributed by atoms with van der Waals surface area (Å²) in [6.07, 6.45) is -1.15. The summed E-state index contributed by atoms with van der Waals surface area (Å²) in [7, 11) is 0. The fourth-order valence-corrected chi connectivity index (χ4v) is 1.74. The van der Waals surface area contributed by atoms with Crippen molar-refractivity contribution in [2.75, 3.05) is 0 Å². The summed E-state index contributed by atoms with van der Waals surface area (Å²) in [4.78, 5) is 20.7. The van der Waals surface area contributed by atoms with Crippen molar-refractivity contribution in [1.82, 2.24) is 5.32 Å². The SMILES string of the molecule is CC(C)(C)c1ccc([N+](=O)[O-])cc1CNC(=O)O. The van der Waals surface area contributed by atoms with Crippen LogP contribution in [0.3, 0.4) is 0 Å². The predicted octanol–water partition coefficient (Wildman–Crippen LogP) is 2.66. The van der Waals surface area contributed by atoms with Gasteiger partial charge in [-0.05, 0) is 16.5 Å². The van der Waals surface area contributed by atoms with E-state index >= 15 is 0 Å². The van der Waals surface area contributed by atoms with E-state index in [4.69, 9.17) is 5.11 Å². The highest BCUT2D eigenvalue weighted by atomic mass is 16.6. The molecule has 0 spiro atoms. The van der Waals surface area contributed by atoms with E-state index in [0.29, 0.717) is 5.56 Å². The van der Waals surface area contributed by atoms with Gasteiger partial charge in [0.25, 0.3) is 5.69 Å². The lowest BCUT2D eigenvalue weighted by molar-refractivity contribution is -0.384. The van der Waals surface area contributed by atoms with Gasteiger partial charge < -0.3 is 10.4 Å². The fraction of sp³-hybridized carbons (Fsp3) is 0.417. The summed E-state index contributed by atoms with van der Waals surface area (Å²) in [6, 6.07) is 4.53. The van der Waals surface area contributed by atoms with Crippen molar-refractivity contribution < 1.29 is 14.8 Å². The van der Waals surface area contributed by atoms with Gasteiger partial charge in [-0.2, -0.15) is 0 Å². The maximum atomic E-state index is 10.7. The number of rotatable bonds is 3. The number of nitro groups is 1. The third kappa shape index (κ3) is 3.44. The van der Waals surface area contributed by atoms with E-state index in [0.717, 1.165) is 5.56 Å². The first-order valence-electron chi connectivity index (χ1n) is 5.46. The zero-order valence-corrected chi connectivity index (χ0v) is 10.6. The van der Waals surface area contributed by atoms with Crippen LogP contribution in [0.2, 0.25) is 0 Å². The zero-order valence-electron chi connectivity index (χ0n) is 10.6. The van der Waals surface area contributed by atoms with Gasteiger partial charge in [0.1, 0.15) is 0 Å². The van der Waals surface area contributed by atoms with Crippen molar-refractivity contribution in [3.05, 3.63) is 39.4 Å². The molecule has 6 heteroatoms. The van der Waals surface area contributed by atoms with E-state index in [1.54, 1.807) is 6.07 Å². The van der Waals surface area contributed by atoms with E-state index in [9.17, 15) is 14.9 Å². The Morgan fingerprint density at radius 2 is 2.06 bits per heavy atom. The average molecular weight is 252 g/mol. The number of nitrogens with zero attached hydrogens (tertiary/aromatic N) is 1. The first-order valence-corrected chi connectivity index (χ1v) is 5.46. The minimum absolute atomic E-state index is 0.0369. The van der Waals surface area contributed by atoms with E-state index in [1.807, 2.05) is 20.8 Å². The normalized spacial score (nSPS) is 11.1. The second kappa shape index (κ2) is 5.03. The summed E-state index contributed by atoms with van der Waals surface area (Å²) in [5.41, 5.74) is 1.27. The maximum Gasteiger partial charge on any atom is 0.404 e. The largest absolute Gasteiger partial charge is 0.465 e. The lowest BCUT2D eigenvalue weighted by Crippen LogP contribution is -2.23. The van der Waals surface area contributed by atoms with Crippen LogP contribution in [-0.2, 0) is 12.0 Å². The lowest BCUT2D eigenvalue weighted by atomic mass is 9.83. The molecule has 0 radical (unpaired) electrons. The topological polar surface area (TPSA) is 92.5 Å². The number of carbonyl (C=O) groups is 1. The van der Waals surface area contributed by atoms with Crippen LogP contribution >= 0.6 is 0 Å². The third-order valence-corrected chi connectivity index (χ3v) is 2.54. The smallest absolute Gasteiger partial charge is 0.404 e. The molecule has 0 atom stereocenters. The third-order valence-electron chi connectivity index (χ3n) is 2.54. The van der Waals surface area contributed by atoms with Gasteiger partial charge in [-0.1, -0.05) is 26.8 Å². The summed E-state index contributed by atoms with van der Waals surface area (Å²) in [6.45, 7) is 5.97. The second-order valence-electron chi connectivity index (χ2n) is 5.01. The first kappa shape index (κ1) is 14.0. The van der Waals surface area contributed by atoms with Crippen LogP contribution in [0.15, 0.2) is 18.2 Å². The van der Waals surface area contributed by atoms with Crippen LogP contribution in [0.25, 0.3) is 0 Å². The molecule has 98 valence electrons. The van der Waals surface area contributed by atoms with Crippen molar-refractivity contribution in [2.24, 2.45) is 0 Å². The van der Waals surface area contributed by atoms with E-state index < -0.39 is 11.0 Å². The number of nitrogens with one attached hydrogen (secondary N) is 1. The minimum Gasteiger partial charge on any atom is -0.465 e. The molecule has 0 saturated heterocycles. The molecule has 1 aromatic carbocycles. The maximum absolute atomic E-state index is 10.7. The Bertz CT molecular complexity index is 477. The Morgan fingerprint density at radius 1 is 1.44 bits per heavy atom. The Balaban J connectivity index is 3.18. The van der Waals surface area contributed by atoms with Crippen molar-refractivity contribution in [2.45, 2.75) is 32.7 Å². The predicted molar refractivity (Wildman–Crippen MR) is 66.7 cm³/mol. The van der Waals surface area contributed by atoms with Crippen molar-refractivity contribution in [3.63, 3.8) is 0 Å². The molecule has 0 aliphatic rings. The Hall–Kier alpha value is -2.11. The average Bonchev–Trinajstić information content (AvgIpc) is 2.24. The molecule has 0 heterocycles. The minimum atomic E-state index is -1.15. The van der Waals surface area contributed by atoms with Gasteiger partial charge in [-0.25, -0.2) is 4.79 Å². The second-order valence-corrected chi connectivity index (χ2v) is 5.01. The number of non-ortho nitro benzene ring substituents is 1. The molecule has 0 bridgehead atoms. The molecule has 18 heavy (non-hydrogen) atoms. The van der Waals surface area contributed by atoms with E-state index in [2.05, 4.69) is 5.32 Å². The van der Waals surface area contributed by atoms with Gasteiger partial charge in [0.2, 0.25) is 0 Å². The molecule has 6 nitrogen and oxygen atoms in total. The van der Waals surface area contributed by atoms with Gasteiger partial charge in [0, 0.05) is 18.7 Å². The number of nitro benzene ring substituents is 1. The molecule has 0 aliphatic carbocycles. The number of carboxylic acid groups (broad SMARTS) is 1. The first-order chi connectivity index (χ1) is 8.21. The summed E-state index contributed by atoms with van der Waals surface area (Å²) < 4.78 is 0. The summed E-state index contributed by atoms with van der Waals surface area (Å²) >= 11 is 0. The molecule has 0 aliphatic heterocycles. The fourth-order valence-electron chi connectivity index (χ4n) is 1.74. The van der Waals surface area contributed by atoms with E-state index in [-0.39, 0.29) is 17.6 Å². The Kier molecular flexibility index (Phi) is 3.90. The van der Waals surface area contributed by atoms with Crippen LogP contribution in [0, 0.1) is 10.1 Å². The Labute approximate surface area is 105 Å². The van der Waals surface area contributed by atoms with Crippen LogP contribution < -0.4 is 5.32 Å². The molecule has 2 N–H and O–H groups in total. The molecule has 1 rings (SSSR count). The van der Waals surface area contributed by atoms with Gasteiger partial charge in [0.15, 0.2) is 0 Å². The van der Waals surface area contributed by atoms with Gasteiger partial charge in [0.05, 0.1) is 4.92 Å². The van der Waals surface area contributed by atoms with Crippen LogP contribution in [-0.4, -0.2) is 16.1 Å². The van der Waals surface area contributed by atoms with Crippen LogP contribution in [0.1, 0.15) is 31.9 Å². The molecule has 0 saturated carbocycles. The van der Waals surface area contributed by atoms with Crippen molar-refractivity contribution in [3.8, 4) is 0 Å². The molecule has 0 fully saturated rings. The molecular formula is C12H16N2O4. The number of amides is 1. The van der Waals surface area contributed by atoms with Crippen LogP contribution in [0.4, 0.5) is 10.5 Å². The quantitative estimate of drug-likeness (QED) is 0.638. The molecule has 1 amide bonds. The molecule has 0 aromatic heterocycles. The van der Waals surface area contributed by atoms with Gasteiger partial charge in [-0.3, -0.25) is 10.1 Å². The monoisotopic (exact) mass is 252 g/mol. The highest BCUT2D eigenvalue weighted by molar-refractivity contribution is 5.64. The Morgan fingerprint density at radius 3 is 2.50 bits per heavy atom. The van der Waals surface area contributed by atoms with Crippen molar-refractivity contribution in [1.29, 1.82) is 0 Å². The van der Waals surface area contributed by atoms with Crippen molar-refractivity contribution >= 4 is 11.8 Å². The van der Waals surface area contributed by atoms with Gasteiger partial charge >= 0.3 is 6.09 Å². The van der Waals surface area contributed by atoms with Crippen LogP contribution in [0.5, 0.6) is 0 Å². The van der Waals surface area contributed by atoms with E-state index in [1.165, 1.54) is 12.1 Å². The zero-order chi connectivity index (χ0) is 13.9. The van der Waals surface area contributed by atoms with Gasteiger partial charge in [-0.15, -0.1) is 0 Å². The molecule has 1 aromatic rings. The summed E-state index contributed by atoms with van der Waals surface area (Å²) in [5, 5.41) is 21.6. The summed E-state index contributed by atoms with van der Waals surface area (Å²) in [5.74, 6) is 0. The standard InChI is InChI=1S/C12H16N2O4/c1-12(2,3)10-5-4-9(14(17)18)6-8(10)7-13-11(15)16/h4-6,13H,7H2,1-3H3,(H,15,16). The number of benzene rings is 1. The lowest BCUT2D eigenvalue weighted by Gasteiger charge is -2.22. The molecule has 0 unspecified atom stereocenters. The highest BCUT2D eigenvalue weighted by Crippen LogP contribution is 2.28. The highest BCUT2D eigenvalue weighted by Gasteiger charge is 2.20. The number of hydrogen-bond donors (Lipinski definition) is 2. The molecular weight excluding hydrogens is 236 g/mol.